The molecule has 292 valence electrons. The molecule has 62 heavy (non-hydrogen) atoms. The molecule has 2 nitrogen and oxygen atoms in total. The van der Waals surface area contributed by atoms with Crippen LogP contribution in [0.4, 0.5) is 17.1 Å². The molecule has 10 aromatic carbocycles. The summed E-state index contributed by atoms with van der Waals surface area (Å²) >= 11 is 0. The van der Waals surface area contributed by atoms with Crippen LogP contribution in [0.3, 0.4) is 0 Å². The van der Waals surface area contributed by atoms with Crippen molar-refractivity contribution in [3.05, 3.63) is 249 Å². The van der Waals surface area contributed by atoms with Crippen molar-refractivity contribution in [3.63, 3.8) is 0 Å². The van der Waals surface area contributed by atoms with Gasteiger partial charge in [-0.3, -0.25) is 0 Å². The van der Waals surface area contributed by atoms with Crippen LogP contribution in [0.1, 0.15) is 0 Å². The van der Waals surface area contributed by atoms with Crippen molar-refractivity contribution in [2.45, 2.75) is 0 Å². The van der Waals surface area contributed by atoms with Crippen LogP contribution >= 0.6 is 0 Å². The average molecular weight is 792 g/mol. The molecule has 0 fully saturated rings. The molecule has 0 radical (unpaired) electrons. The zero-order chi connectivity index (χ0) is 41.2. The molecule has 0 bridgehead atoms. The summed E-state index contributed by atoms with van der Waals surface area (Å²) in [4.78, 5) is 2.40. The fraction of sp³-hybridized carbons (Fsp3) is 0. The Bertz CT molecular complexity index is 3280. The Morgan fingerprint density at radius 3 is 1.40 bits per heavy atom. The van der Waals surface area contributed by atoms with Crippen LogP contribution in [0.5, 0.6) is 0 Å². The number of hydrogen-bond acceptors (Lipinski definition) is 2. The first-order valence-corrected chi connectivity index (χ1v) is 21.1. The second kappa shape index (κ2) is 16.1. The molecule has 0 spiro atoms. The molecule has 2 heteroatoms. The summed E-state index contributed by atoms with van der Waals surface area (Å²) in [6.07, 6.45) is 0. The van der Waals surface area contributed by atoms with Crippen molar-refractivity contribution < 1.29 is 4.42 Å². The largest absolute Gasteiger partial charge is 0.456 e. The smallest absolute Gasteiger partial charge is 0.135 e. The topological polar surface area (TPSA) is 16.4 Å². The predicted octanol–water partition coefficient (Wildman–Crippen LogP) is 17.1. The Hall–Kier alpha value is -8.20. The number of nitrogens with zero attached hydrogens (tertiary/aromatic N) is 1. The first kappa shape index (κ1) is 36.8. The van der Waals surface area contributed by atoms with Crippen molar-refractivity contribution >= 4 is 38.8 Å². The summed E-state index contributed by atoms with van der Waals surface area (Å²) in [7, 11) is 0. The van der Waals surface area contributed by atoms with Crippen molar-refractivity contribution in [1.82, 2.24) is 0 Å². The number of hydrogen-bond donors (Lipinski definition) is 0. The summed E-state index contributed by atoms with van der Waals surface area (Å²) in [6.45, 7) is 0. The van der Waals surface area contributed by atoms with Crippen molar-refractivity contribution in [1.29, 1.82) is 0 Å². The Balaban J connectivity index is 0.965. The van der Waals surface area contributed by atoms with Crippen LogP contribution in [-0.2, 0) is 0 Å². The third-order valence-electron chi connectivity index (χ3n) is 11.9. The van der Waals surface area contributed by atoms with Gasteiger partial charge in [-0.15, -0.1) is 0 Å². The van der Waals surface area contributed by atoms with Crippen LogP contribution in [0, 0.1) is 0 Å². The molecule has 1 heterocycles. The van der Waals surface area contributed by atoms with E-state index in [-0.39, 0.29) is 0 Å². The van der Waals surface area contributed by atoms with E-state index in [0.29, 0.717) is 0 Å². The lowest BCUT2D eigenvalue weighted by Gasteiger charge is -2.28. The highest BCUT2D eigenvalue weighted by Crippen LogP contribution is 2.43. The van der Waals surface area contributed by atoms with Gasteiger partial charge in [0.15, 0.2) is 0 Å². The predicted molar refractivity (Wildman–Crippen MR) is 261 cm³/mol. The molecular formula is C60H41NO. The minimum Gasteiger partial charge on any atom is -0.456 e. The van der Waals surface area contributed by atoms with Gasteiger partial charge < -0.3 is 9.32 Å². The van der Waals surface area contributed by atoms with E-state index in [0.717, 1.165) is 61.6 Å². The number of rotatable bonds is 9. The molecule has 0 saturated heterocycles. The fourth-order valence-electron chi connectivity index (χ4n) is 8.63. The van der Waals surface area contributed by atoms with Gasteiger partial charge in [-0.2, -0.15) is 0 Å². The third kappa shape index (κ3) is 7.25. The zero-order valence-electron chi connectivity index (χ0n) is 34.0. The van der Waals surface area contributed by atoms with Gasteiger partial charge in [-0.1, -0.05) is 194 Å². The Labute approximate surface area is 362 Å². The van der Waals surface area contributed by atoms with Crippen LogP contribution in [0.2, 0.25) is 0 Å². The molecule has 0 saturated carbocycles. The zero-order valence-corrected chi connectivity index (χ0v) is 34.0. The Kier molecular flexibility index (Phi) is 9.57. The summed E-state index contributed by atoms with van der Waals surface area (Å²) in [6, 6.07) is 89.1. The van der Waals surface area contributed by atoms with Gasteiger partial charge in [0.2, 0.25) is 0 Å². The number of benzene rings is 10. The van der Waals surface area contributed by atoms with Crippen LogP contribution in [0.15, 0.2) is 253 Å². The van der Waals surface area contributed by atoms with E-state index in [9.17, 15) is 0 Å². The molecule has 11 rings (SSSR count). The minimum atomic E-state index is 0.875. The van der Waals surface area contributed by atoms with E-state index in [1.54, 1.807) is 0 Å². The van der Waals surface area contributed by atoms with Gasteiger partial charge in [0.05, 0.1) is 5.69 Å². The molecule has 1 aromatic heterocycles. The maximum atomic E-state index is 6.23. The first-order chi connectivity index (χ1) is 30.7. The molecule has 0 atom stereocenters. The van der Waals surface area contributed by atoms with Gasteiger partial charge in [0.25, 0.3) is 0 Å². The second-order valence-corrected chi connectivity index (χ2v) is 15.8. The summed E-state index contributed by atoms with van der Waals surface area (Å²) in [5, 5.41) is 3.46. The standard InChI is InChI=1S/C60H41NO/c1-3-12-42(13-4-1)44-22-24-46(25-23-44)47-32-35-55(36-33-47)61(58-20-9-8-19-57(58)48-28-26-45(27-29-48)43-14-5-2-6-15-43)56-37-34-51-38-50(30-31-52(51)40-56)49-17-11-18-53(39-49)60-41-54-16-7-10-21-59(54)62-60/h1-41H. The number of furan rings is 1. The van der Waals surface area contributed by atoms with Gasteiger partial charge in [0, 0.05) is 27.9 Å². The lowest BCUT2D eigenvalue weighted by molar-refractivity contribution is 0.631. The molecule has 11 aromatic rings. The van der Waals surface area contributed by atoms with Crippen LogP contribution < -0.4 is 4.90 Å². The summed E-state index contributed by atoms with van der Waals surface area (Å²) < 4.78 is 6.23. The normalized spacial score (nSPS) is 11.2. The molecule has 0 aliphatic heterocycles. The van der Waals surface area contributed by atoms with Crippen molar-refractivity contribution in [2.24, 2.45) is 0 Å². The van der Waals surface area contributed by atoms with E-state index < -0.39 is 0 Å². The molecule has 0 unspecified atom stereocenters. The molecule has 0 amide bonds. The molecule has 0 aliphatic carbocycles. The van der Waals surface area contributed by atoms with E-state index in [2.05, 4.69) is 235 Å². The second-order valence-electron chi connectivity index (χ2n) is 15.8. The van der Waals surface area contributed by atoms with E-state index >= 15 is 0 Å². The Morgan fingerprint density at radius 2 is 0.726 bits per heavy atom. The number of anilines is 3. The molecular weight excluding hydrogens is 751 g/mol. The highest BCUT2D eigenvalue weighted by atomic mass is 16.3. The van der Waals surface area contributed by atoms with E-state index in [1.807, 2.05) is 18.2 Å². The summed E-state index contributed by atoms with van der Waals surface area (Å²) in [5.74, 6) is 0.875. The maximum Gasteiger partial charge on any atom is 0.135 e. The fourth-order valence-corrected chi connectivity index (χ4v) is 8.63. The third-order valence-corrected chi connectivity index (χ3v) is 11.9. The Morgan fingerprint density at radius 1 is 0.258 bits per heavy atom. The lowest BCUT2D eigenvalue weighted by Crippen LogP contribution is -2.11. The van der Waals surface area contributed by atoms with E-state index in [4.69, 9.17) is 4.42 Å². The molecule has 0 N–H and O–H groups in total. The van der Waals surface area contributed by atoms with Crippen LogP contribution in [0.25, 0.3) is 88.7 Å². The monoisotopic (exact) mass is 791 g/mol. The highest BCUT2D eigenvalue weighted by Gasteiger charge is 2.18. The summed E-state index contributed by atoms with van der Waals surface area (Å²) in [5.41, 5.74) is 17.1. The van der Waals surface area contributed by atoms with Gasteiger partial charge in [-0.05, 0) is 115 Å². The number of fused-ring (bicyclic) bond motifs is 2. The SMILES string of the molecule is c1ccc(-c2ccc(-c3ccc(N(c4ccc5cc(-c6cccc(-c7cc8ccccc8o7)c6)ccc5c4)c4ccccc4-c4ccc(-c5ccccc5)cc4)cc3)cc2)cc1. The van der Waals surface area contributed by atoms with Gasteiger partial charge in [0.1, 0.15) is 11.3 Å². The minimum absolute atomic E-state index is 0.875. The maximum absolute atomic E-state index is 6.23. The highest BCUT2D eigenvalue weighted by molar-refractivity contribution is 5.95. The lowest BCUT2D eigenvalue weighted by atomic mass is 9.97. The quantitative estimate of drug-likeness (QED) is 0.145. The average Bonchev–Trinajstić information content (AvgIpc) is 3.80. The first-order valence-electron chi connectivity index (χ1n) is 21.1. The number of para-hydroxylation sites is 2. The van der Waals surface area contributed by atoms with Crippen molar-refractivity contribution in [2.75, 3.05) is 4.90 Å². The van der Waals surface area contributed by atoms with Gasteiger partial charge >= 0.3 is 0 Å². The van der Waals surface area contributed by atoms with Gasteiger partial charge in [-0.25, -0.2) is 0 Å². The van der Waals surface area contributed by atoms with E-state index in [1.165, 1.54) is 44.2 Å². The molecule has 0 aliphatic rings. The van der Waals surface area contributed by atoms with Crippen LogP contribution in [-0.4, -0.2) is 0 Å². The van der Waals surface area contributed by atoms with Crippen molar-refractivity contribution in [3.8, 4) is 67.0 Å².